The van der Waals surface area contributed by atoms with Gasteiger partial charge < -0.3 is 4.90 Å². The van der Waals surface area contributed by atoms with Gasteiger partial charge in [0.25, 0.3) is 11.8 Å². The Balaban J connectivity index is 1.72. The minimum Gasteiger partial charge on any atom is -0.365 e. The molecule has 1 aliphatic heterocycles. The Morgan fingerprint density at radius 1 is 0.800 bits per heavy atom. The molecule has 3 aromatic rings. The van der Waals surface area contributed by atoms with E-state index in [-0.39, 0.29) is 18.4 Å². The first-order valence-electron chi connectivity index (χ1n) is 9.70. The number of halogens is 1. The van der Waals surface area contributed by atoms with E-state index in [9.17, 15) is 9.59 Å². The van der Waals surface area contributed by atoms with Crippen molar-refractivity contribution in [1.29, 1.82) is 0 Å². The fraction of sp³-hybridized carbons (Fsp3) is 0.120. The van der Waals surface area contributed by atoms with Gasteiger partial charge in [-0.15, -0.1) is 0 Å². The fourth-order valence-electron chi connectivity index (χ4n) is 3.66. The summed E-state index contributed by atoms with van der Waals surface area (Å²) in [7, 11) is 1.84. The minimum absolute atomic E-state index is 0.135. The molecule has 4 nitrogen and oxygen atoms in total. The Morgan fingerprint density at radius 3 is 2.07 bits per heavy atom. The Morgan fingerprint density at radius 2 is 1.40 bits per heavy atom. The van der Waals surface area contributed by atoms with E-state index >= 15 is 0 Å². The second kappa shape index (κ2) is 8.56. The normalized spacial score (nSPS) is 13.9. The summed E-state index contributed by atoms with van der Waals surface area (Å²) in [6.07, 6.45) is 0. The Bertz CT molecular complexity index is 1110. The van der Waals surface area contributed by atoms with Crippen molar-refractivity contribution in [2.24, 2.45) is 0 Å². The van der Waals surface area contributed by atoms with Crippen molar-refractivity contribution in [2.75, 3.05) is 7.05 Å². The van der Waals surface area contributed by atoms with Crippen LogP contribution < -0.4 is 0 Å². The highest BCUT2D eigenvalue weighted by atomic mass is 35.5. The maximum absolute atomic E-state index is 13.4. The van der Waals surface area contributed by atoms with Gasteiger partial charge in [0.1, 0.15) is 5.70 Å². The van der Waals surface area contributed by atoms with Crippen LogP contribution in [0.15, 0.2) is 90.6 Å². The van der Waals surface area contributed by atoms with Crippen LogP contribution in [0.25, 0.3) is 5.57 Å². The van der Waals surface area contributed by atoms with Crippen molar-refractivity contribution in [3.8, 4) is 0 Å². The number of carbonyl (C=O) groups is 2. The Kier molecular flexibility index (Phi) is 5.68. The number of likely N-dealkylation sites (N-methyl/N-ethyl adjacent to an activating group) is 1. The zero-order chi connectivity index (χ0) is 21.1. The number of hydrogen-bond donors (Lipinski definition) is 0. The minimum atomic E-state index is -0.308. The molecular formula is C25H21ClN2O2. The smallest absolute Gasteiger partial charge is 0.278 e. The maximum Gasteiger partial charge on any atom is 0.278 e. The monoisotopic (exact) mass is 416 g/mol. The van der Waals surface area contributed by atoms with E-state index in [1.54, 1.807) is 6.07 Å². The third-order valence-electron chi connectivity index (χ3n) is 5.14. The number of hydrogen-bond acceptors (Lipinski definition) is 3. The molecule has 0 saturated carbocycles. The quantitative estimate of drug-likeness (QED) is 0.544. The summed E-state index contributed by atoms with van der Waals surface area (Å²) >= 11 is 6.28. The molecule has 0 spiro atoms. The van der Waals surface area contributed by atoms with Gasteiger partial charge in [-0.25, -0.2) is 0 Å². The lowest BCUT2D eigenvalue weighted by Gasteiger charge is -2.22. The molecule has 1 heterocycles. The topological polar surface area (TPSA) is 40.6 Å². The van der Waals surface area contributed by atoms with Gasteiger partial charge >= 0.3 is 0 Å². The molecule has 2 amide bonds. The van der Waals surface area contributed by atoms with Crippen molar-refractivity contribution in [1.82, 2.24) is 9.80 Å². The van der Waals surface area contributed by atoms with Crippen LogP contribution in [0, 0.1) is 0 Å². The van der Waals surface area contributed by atoms with Crippen LogP contribution in [0.5, 0.6) is 0 Å². The van der Waals surface area contributed by atoms with Gasteiger partial charge in [-0.3, -0.25) is 14.5 Å². The third kappa shape index (κ3) is 3.87. The molecule has 0 atom stereocenters. The summed E-state index contributed by atoms with van der Waals surface area (Å²) in [6.45, 7) is 0.655. The van der Waals surface area contributed by atoms with Crippen LogP contribution in [0.3, 0.4) is 0 Å². The molecule has 1 aliphatic rings. The van der Waals surface area contributed by atoms with Crippen molar-refractivity contribution >= 4 is 29.0 Å². The van der Waals surface area contributed by atoms with E-state index in [0.717, 1.165) is 16.7 Å². The van der Waals surface area contributed by atoms with Crippen LogP contribution in [-0.4, -0.2) is 28.7 Å². The zero-order valence-corrected chi connectivity index (χ0v) is 17.3. The average molecular weight is 417 g/mol. The highest BCUT2D eigenvalue weighted by Crippen LogP contribution is 2.33. The van der Waals surface area contributed by atoms with E-state index in [2.05, 4.69) is 0 Å². The molecule has 0 bridgehead atoms. The van der Waals surface area contributed by atoms with Crippen LogP contribution in [0.1, 0.15) is 16.7 Å². The molecule has 0 aliphatic carbocycles. The van der Waals surface area contributed by atoms with Gasteiger partial charge in [0.05, 0.1) is 12.1 Å². The number of benzene rings is 3. The standard InChI is InChI=1S/C25H21ClN2O2/c1-27(16-18-10-4-2-5-11-18)23-22(19-12-6-3-7-13-19)24(29)28(25(23)30)17-20-14-8-9-15-21(20)26/h2-15H,16-17H2,1H3. The first kappa shape index (κ1) is 19.9. The lowest BCUT2D eigenvalue weighted by Crippen LogP contribution is -2.33. The summed E-state index contributed by atoms with van der Waals surface area (Å²) in [5.74, 6) is -0.613. The van der Waals surface area contributed by atoms with Gasteiger partial charge in [-0.1, -0.05) is 90.5 Å². The van der Waals surface area contributed by atoms with E-state index in [1.165, 1.54) is 4.90 Å². The summed E-state index contributed by atoms with van der Waals surface area (Å²) in [4.78, 5) is 29.9. The molecule has 0 N–H and O–H groups in total. The van der Waals surface area contributed by atoms with Crippen LogP contribution in [0.4, 0.5) is 0 Å². The first-order valence-corrected chi connectivity index (χ1v) is 10.1. The second-order valence-corrected chi connectivity index (χ2v) is 7.63. The van der Waals surface area contributed by atoms with Gasteiger partial charge in [0.2, 0.25) is 0 Å². The highest BCUT2D eigenvalue weighted by molar-refractivity contribution is 6.35. The molecule has 0 fully saturated rings. The van der Waals surface area contributed by atoms with E-state index in [0.29, 0.717) is 22.8 Å². The lowest BCUT2D eigenvalue weighted by molar-refractivity contribution is -0.138. The fourth-order valence-corrected chi connectivity index (χ4v) is 3.85. The summed E-state index contributed by atoms with van der Waals surface area (Å²) in [5, 5.41) is 0.533. The number of rotatable bonds is 6. The SMILES string of the molecule is CN(Cc1ccccc1)C1=C(c2ccccc2)C(=O)N(Cc2ccccc2Cl)C1=O. The predicted molar refractivity (Wildman–Crippen MR) is 118 cm³/mol. The molecule has 0 radical (unpaired) electrons. The van der Waals surface area contributed by atoms with Gasteiger partial charge in [-0.2, -0.15) is 0 Å². The van der Waals surface area contributed by atoms with E-state index in [1.807, 2.05) is 90.8 Å². The number of nitrogens with zero attached hydrogens (tertiary/aromatic N) is 2. The first-order chi connectivity index (χ1) is 14.6. The highest BCUT2D eigenvalue weighted by Gasteiger charge is 2.40. The summed E-state index contributed by atoms with van der Waals surface area (Å²) in [6, 6.07) is 26.5. The van der Waals surface area contributed by atoms with Crippen molar-refractivity contribution < 1.29 is 9.59 Å². The Labute approximate surface area is 181 Å². The van der Waals surface area contributed by atoms with Crippen LogP contribution in [-0.2, 0) is 22.7 Å². The van der Waals surface area contributed by atoms with Crippen LogP contribution >= 0.6 is 11.6 Å². The summed E-state index contributed by atoms with van der Waals surface area (Å²) in [5.41, 5.74) is 3.35. The van der Waals surface area contributed by atoms with Crippen molar-refractivity contribution in [2.45, 2.75) is 13.1 Å². The van der Waals surface area contributed by atoms with Gasteiger partial charge in [0.15, 0.2) is 0 Å². The molecule has 0 saturated heterocycles. The number of carbonyl (C=O) groups excluding carboxylic acids is 2. The number of amides is 2. The largest absolute Gasteiger partial charge is 0.365 e. The number of imide groups is 1. The Hall–Kier alpha value is -3.37. The molecule has 4 rings (SSSR count). The van der Waals surface area contributed by atoms with E-state index in [4.69, 9.17) is 11.6 Å². The third-order valence-corrected chi connectivity index (χ3v) is 5.51. The van der Waals surface area contributed by atoms with Crippen molar-refractivity contribution in [3.05, 3.63) is 112 Å². The van der Waals surface area contributed by atoms with Gasteiger partial charge in [-0.05, 0) is 22.8 Å². The molecule has 5 heteroatoms. The maximum atomic E-state index is 13.4. The molecule has 3 aromatic carbocycles. The van der Waals surface area contributed by atoms with Crippen molar-refractivity contribution in [3.63, 3.8) is 0 Å². The molecular weight excluding hydrogens is 396 g/mol. The molecule has 150 valence electrons. The molecule has 0 aromatic heterocycles. The van der Waals surface area contributed by atoms with Crippen LogP contribution in [0.2, 0.25) is 5.02 Å². The second-order valence-electron chi connectivity index (χ2n) is 7.22. The zero-order valence-electron chi connectivity index (χ0n) is 16.6. The molecule has 30 heavy (non-hydrogen) atoms. The lowest BCUT2D eigenvalue weighted by atomic mass is 10.0. The van der Waals surface area contributed by atoms with E-state index < -0.39 is 0 Å². The average Bonchev–Trinajstić information content (AvgIpc) is 3.01. The predicted octanol–water partition coefficient (Wildman–Crippen LogP) is 4.75. The molecule has 0 unspecified atom stereocenters. The van der Waals surface area contributed by atoms with Gasteiger partial charge in [0, 0.05) is 18.6 Å². The summed E-state index contributed by atoms with van der Waals surface area (Å²) < 4.78 is 0.